The molecule has 35 heavy (non-hydrogen) atoms. The van der Waals surface area contributed by atoms with E-state index in [-0.39, 0.29) is 58.4 Å². The van der Waals surface area contributed by atoms with Gasteiger partial charge in [-0.2, -0.15) is 0 Å². The standard InChI is InChI=1S/C26H27NO8/c1-11-16(27)7-8-18(34-11)35-17-10-26(33,12(2)28)9-15-19(17)25(32)21-20(24(15)31)22(29)13-5-3-4-6-14(13)23(21)30/h3-6,11,16-18,31-33H,7-10,27H2,1-2H3/t11-,16+,17-,18+,26-/m0/s1. The number of phenolic OH excluding ortho intramolecular Hbond substituents is 2. The highest BCUT2D eigenvalue weighted by Crippen LogP contribution is 2.51. The summed E-state index contributed by atoms with van der Waals surface area (Å²) in [6.45, 7) is 3.03. The highest BCUT2D eigenvalue weighted by Gasteiger charge is 2.48. The molecule has 5 rings (SSSR count). The molecule has 0 amide bonds. The molecule has 2 aromatic rings. The largest absolute Gasteiger partial charge is 0.507 e. The third-order valence-electron chi connectivity index (χ3n) is 7.45. The summed E-state index contributed by atoms with van der Waals surface area (Å²) >= 11 is 0. The van der Waals surface area contributed by atoms with Crippen LogP contribution in [0.3, 0.4) is 0 Å². The lowest BCUT2D eigenvalue weighted by Crippen LogP contribution is -2.47. The van der Waals surface area contributed by atoms with Gasteiger partial charge in [0.2, 0.25) is 0 Å². The SMILES string of the molecule is CC(=O)[C@]1(O)Cc2c(O)c3c(c(O)c2[C@@H](O[C@@H]2CC[C@@H](N)[C@H](C)O2)C1)C(=O)c1ccccc1C3=O. The summed E-state index contributed by atoms with van der Waals surface area (Å²) in [5.41, 5.74) is 3.73. The van der Waals surface area contributed by atoms with Crippen LogP contribution in [0.4, 0.5) is 0 Å². The fourth-order valence-electron chi connectivity index (χ4n) is 5.32. The van der Waals surface area contributed by atoms with Crippen molar-refractivity contribution in [1.82, 2.24) is 0 Å². The van der Waals surface area contributed by atoms with Crippen LogP contribution in [0.5, 0.6) is 11.5 Å². The Bertz CT molecular complexity index is 1270. The molecule has 1 heterocycles. The maximum atomic E-state index is 13.3. The van der Waals surface area contributed by atoms with E-state index < -0.39 is 46.8 Å². The number of aliphatic hydroxyl groups is 1. The normalized spacial score (nSPS) is 29.8. The first kappa shape index (κ1) is 23.6. The first-order valence-corrected chi connectivity index (χ1v) is 11.6. The molecule has 0 bridgehead atoms. The van der Waals surface area contributed by atoms with Crippen molar-refractivity contribution in [3.8, 4) is 11.5 Å². The van der Waals surface area contributed by atoms with Crippen LogP contribution in [-0.2, 0) is 20.7 Å². The van der Waals surface area contributed by atoms with Gasteiger partial charge in [0.25, 0.3) is 0 Å². The number of ether oxygens (including phenoxy) is 2. The third kappa shape index (κ3) is 3.58. The van der Waals surface area contributed by atoms with Gasteiger partial charge in [0.05, 0.1) is 23.3 Å². The van der Waals surface area contributed by atoms with Crippen molar-refractivity contribution in [3.63, 3.8) is 0 Å². The lowest BCUT2D eigenvalue weighted by atomic mass is 9.72. The number of nitrogens with two attached hydrogens (primary N) is 1. The van der Waals surface area contributed by atoms with Crippen LogP contribution in [-0.4, -0.2) is 56.7 Å². The third-order valence-corrected chi connectivity index (χ3v) is 7.45. The molecule has 2 aromatic carbocycles. The number of fused-ring (bicyclic) bond motifs is 3. The quantitative estimate of drug-likeness (QED) is 0.411. The van der Waals surface area contributed by atoms with Crippen LogP contribution >= 0.6 is 0 Å². The molecule has 0 spiro atoms. The molecule has 5 N–H and O–H groups in total. The maximum Gasteiger partial charge on any atom is 0.198 e. The zero-order chi connectivity index (χ0) is 25.2. The molecule has 9 heteroatoms. The molecule has 1 aliphatic heterocycles. The van der Waals surface area contributed by atoms with E-state index in [0.29, 0.717) is 12.8 Å². The number of carbonyl (C=O) groups is 3. The van der Waals surface area contributed by atoms with Crippen LogP contribution < -0.4 is 5.73 Å². The molecule has 1 saturated heterocycles. The molecule has 0 radical (unpaired) electrons. The second-order valence-corrected chi connectivity index (χ2v) is 9.65. The molecule has 3 aliphatic rings. The van der Waals surface area contributed by atoms with E-state index in [1.807, 2.05) is 6.92 Å². The van der Waals surface area contributed by atoms with Crippen molar-refractivity contribution in [2.24, 2.45) is 5.73 Å². The number of phenols is 2. The van der Waals surface area contributed by atoms with Gasteiger partial charge in [-0.15, -0.1) is 0 Å². The Kier molecular flexibility index (Phi) is 5.56. The van der Waals surface area contributed by atoms with Crippen LogP contribution in [0.15, 0.2) is 24.3 Å². The van der Waals surface area contributed by atoms with E-state index in [2.05, 4.69) is 0 Å². The van der Waals surface area contributed by atoms with Crippen molar-refractivity contribution in [2.75, 3.05) is 0 Å². The van der Waals surface area contributed by atoms with Crippen LogP contribution in [0.1, 0.15) is 82.2 Å². The van der Waals surface area contributed by atoms with E-state index in [1.54, 1.807) is 12.1 Å². The summed E-state index contributed by atoms with van der Waals surface area (Å²) in [4.78, 5) is 39.0. The highest BCUT2D eigenvalue weighted by atomic mass is 16.7. The number of ketones is 3. The van der Waals surface area contributed by atoms with Gasteiger partial charge < -0.3 is 30.5 Å². The lowest BCUT2D eigenvalue weighted by Gasteiger charge is -2.41. The van der Waals surface area contributed by atoms with E-state index in [0.717, 1.165) is 0 Å². The average molecular weight is 482 g/mol. The predicted molar refractivity (Wildman–Crippen MR) is 122 cm³/mol. The van der Waals surface area contributed by atoms with Crippen molar-refractivity contribution < 1.29 is 39.2 Å². The summed E-state index contributed by atoms with van der Waals surface area (Å²) in [6.07, 6.45) is -1.64. The van der Waals surface area contributed by atoms with Crippen molar-refractivity contribution in [1.29, 1.82) is 0 Å². The minimum atomic E-state index is -1.91. The zero-order valence-electron chi connectivity index (χ0n) is 19.4. The Hall–Kier alpha value is -3.11. The highest BCUT2D eigenvalue weighted by molar-refractivity contribution is 6.30. The average Bonchev–Trinajstić information content (AvgIpc) is 2.82. The second-order valence-electron chi connectivity index (χ2n) is 9.65. The predicted octanol–water partition coefficient (Wildman–Crippen LogP) is 2.05. The van der Waals surface area contributed by atoms with E-state index in [1.165, 1.54) is 19.1 Å². The lowest BCUT2D eigenvalue weighted by molar-refractivity contribution is -0.226. The summed E-state index contributed by atoms with van der Waals surface area (Å²) in [7, 11) is 0. The molecular formula is C26H27NO8. The Morgan fingerprint density at radius 3 is 2.26 bits per heavy atom. The zero-order valence-corrected chi connectivity index (χ0v) is 19.4. The van der Waals surface area contributed by atoms with E-state index >= 15 is 0 Å². The fraction of sp³-hybridized carbons (Fsp3) is 0.423. The van der Waals surface area contributed by atoms with E-state index in [9.17, 15) is 29.7 Å². The van der Waals surface area contributed by atoms with Gasteiger partial charge in [0.1, 0.15) is 17.1 Å². The molecule has 0 unspecified atom stereocenters. The Labute approximate surface area is 201 Å². The molecule has 1 fully saturated rings. The number of aromatic hydroxyl groups is 2. The van der Waals surface area contributed by atoms with Gasteiger partial charge in [-0.3, -0.25) is 14.4 Å². The summed E-state index contributed by atoms with van der Waals surface area (Å²) < 4.78 is 12.0. The van der Waals surface area contributed by atoms with Gasteiger partial charge in [-0.05, 0) is 26.7 Å². The van der Waals surface area contributed by atoms with Crippen LogP contribution in [0.2, 0.25) is 0 Å². The minimum absolute atomic E-state index is 0.00343. The number of hydrogen-bond donors (Lipinski definition) is 4. The topological polar surface area (TPSA) is 156 Å². The molecule has 184 valence electrons. The number of carbonyl (C=O) groups excluding carboxylic acids is 3. The molecule has 2 aliphatic carbocycles. The Morgan fingerprint density at radius 1 is 1.09 bits per heavy atom. The second kappa shape index (κ2) is 8.23. The molecule has 9 nitrogen and oxygen atoms in total. The molecular weight excluding hydrogens is 454 g/mol. The van der Waals surface area contributed by atoms with Crippen LogP contribution in [0.25, 0.3) is 0 Å². The molecule has 0 aromatic heterocycles. The molecule has 5 atom stereocenters. The van der Waals surface area contributed by atoms with Gasteiger partial charge in [0, 0.05) is 41.1 Å². The van der Waals surface area contributed by atoms with Crippen molar-refractivity contribution >= 4 is 17.3 Å². The summed E-state index contributed by atoms with van der Waals surface area (Å²) in [5, 5.41) is 33.7. The Balaban J connectivity index is 1.67. The number of hydrogen-bond acceptors (Lipinski definition) is 9. The van der Waals surface area contributed by atoms with Gasteiger partial charge in [0.15, 0.2) is 23.6 Å². The van der Waals surface area contributed by atoms with Crippen molar-refractivity contribution in [3.05, 3.63) is 57.6 Å². The summed E-state index contributed by atoms with van der Waals surface area (Å²) in [5.74, 6) is -2.84. The number of benzene rings is 2. The Morgan fingerprint density at radius 2 is 1.69 bits per heavy atom. The smallest absolute Gasteiger partial charge is 0.198 e. The monoisotopic (exact) mass is 481 g/mol. The first-order chi connectivity index (χ1) is 16.5. The van der Waals surface area contributed by atoms with Crippen LogP contribution in [0, 0.1) is 0 Å². The number of rotatable bonds is 3. The number of Topliss-reactive ketones (excluding diaryl/α,β-unsaturated/α-hetero) is 1. The van der Waals surface area contributed by atoms with Gasteiger partial charge in [-0.25, -0.2) is 0 Å². The first-order valence-electron chi connectivity index (χ1n) is 11.6. The fourth-order valence-corrected chi connectivity index (χ4v) is 5.32. The minimum Gasteiger partial charge on any atom is -0.507 e. The van der Waals surface area contributed by atoms with Gasteiger partial charge in [-0.1, -0.05) is 24.3 Å². The van der Waals surface area contributed by atoms with Gasteiger partial charge >= 0.3 is 0 Å². The van der Waals surface area contributed by atoms with Crippen molar-refractivity contribution in [2.45, 2.75) is 69.7 Å². The maximum absolute atomic E-state index is 13.3. The summed E-state index contributed by atoms with van der Waals surface area (Å²) in [6, 6.07) is 5.99. The van der Waals surface area contributed by atoms with E-state index in [4.69, 9.17) is 15.2 Å². The molecule has 0 saturated carbocycles.